The fourth-order valence-electron chi connectivity index (χ4n) is 2.43. The van der Waals surface area contributed by atoms with Crippen LogP contribution in [0, 0.1) is 17.8 Å². The van der Waals surface area contributed by atoms with Crippen molar-refractivity contribution in [2.75, 3.05) is 0 Å². The Kier molecular flexibility index (Phi) is 10.7. The molecule has 9 heteroatoms. The molecule has 0 aromatic carbocycles. The van der Waals surface area contributed by atoms with Crippen LogP contribution in [0.4, 0.5) is 0 Å². The van der Waals surface area contributed by atoms with Gasteiger partial charge in [-0.05, 0) is 31.1 Å². The fraction of sp³-hybridized carbons (Fsp3) is 0.789. The first kappa shape index (κ1) is 25.8. The van der Waals surface area contributed by atoms with Gasteiger partial charge in [0.05, 0.1) is 6.04 Å². The van der Waals surface area contributed by atoms with Crippen molar-refractivity contribution in [3.63, 3.8) is 0 Å². The molecule has 0 bridgehead atoms. The van der Waals surface area contributed by atoms with Gasteiger partial charge in [-0.15, -0.1) is 0 Å². The zero-order valence-electron chi connectivity index (χ0n) is 17.9. The fourth-order valence-corrected chi connectivity index (χ4v) is 2.43. The van der Waals surface area contributed by atoms with E-state index >= 15 is 0 Å². The summed E-state index contributed by atoms with van der Waals surface area (Å²) in [4.78, 5) is 48.4. The Bertz CT molecular complexity index is 563. The first-order valence-electron chi connectivity index (χ1n) is 9.67. The Morgan fingerprint density at radius 2 is 1.32 bits per heavy atom. The van der Waals surface area contributed by atoms with Crippen LogP contribution in [0.3, 0.4) is 0 Å². The molecule has 0 aliphatic rings. The lowest BCUT2D eigenvalue weighted by molar-refractivity contribution is -0.142. The van der Waals surface area contributed by atoms with Crippen LogP contribution in [0.5, 0.6) is 0 Å². The first-order valence-corrected chi connectivity index (χ1v) is 9.67. The average Bonchev–Trinajstić information content (AvgIpc) is 2.56. The number of nitrogens with one attached hydrogen (secondary N) is 3. The zero-order valence-corrected chi connectivity index (χ0v) is 17.9. The topological polar surface area (TPSA) is 151 Å². The van der Waals surface area contributed by atoms with Gasteiger partial charge in [0.25, 0.3) is 0 Å². The first-order chi connectivity index (χ1) is 12.8. The molecule has 0 aliphatic carbocycles. The van der Waals surface area contributed by atoms with Gasteiger partial charge in [0.1, 0.15) is 18.1 Å². The van der Waals surface area contributed by atoms with Crippen LogP contribution in [0.1, 0.15) is 54.9 Å². The minimum atomic E-state index is -1.17. The molecule has 6 N–H and O–H groups in total. The van der Waals surface area contributed by atoms with Crippen molar-refractivity contribution in [1.29, 1.82) is 0 Å². The Morgan fingerprint density at radius 1 is 0.786 bits per heavy atom. The lowest BCUT2D eigenvalue weighted by atomic mass is 9.98. The van der Waals surface area contributed by atoms with E-state index in [1.807, 2.05) is 27.7 Å². The van der Waals surface area contributed by atoms with Crippen molar-refractivity contribution in [2.24, 2.45) is 23.5 Å². The molecular weight excluding hydrogens is 364 g/mol. The van der Waals surface area contributed by atoms with E-state index in [-0.39, 0.29) is 17.8 Å². The number of rotatable bonds is 11. The lowest BCUT2D eigenvalue weighted by Crippen LogP contribution is -2.58. The zero-order chi connectivity index (χ0) is 22.2. The second kappa shape index (κ2) is 11.6. The van der Waals surface area contributed by atoms with Gasteiger partial charge in [-0.3, -0.25) is 19.2 Å². The molecule has 9 nitrogen and oxygen atoms in total. The van der Waals surface area contributed by atoms with E-state index in [1.165, 1.54) is 6.92 Å². The van der Waals surface area contributed by atoms with Gasteiger partial charge in [-0.2, -0.15) is 0 Å². The maximum absolute atomic E-state index is 12.8. The van der Waals surface area contributed by atoms with E-state index in [2.05, 4.69) is 16.0 Å². The van der Waals surface area contributed by atoms with Crippen LogP contribution in [0.2, 0.25) is 0 Å². The van der Waals surface area contributed by atoms with E-state index in [1.54, 1.807) is 13.8 Å². The van der Waals surface area contributed by atoms with Crippen LogP contribution in [0.15, 0.2) is 0 Å². The van der Waals surface area contributed by atoms with Crippen LogP contribution < -0.4 is 21.7 Å². The minimum Gasteiger partial charge on any atom is -0.480 e. The normalized spacial score (nSPS) is 15.7. The highest BCUT2D eigenvalue weighted by atomic mass is 16.4. The largest absolute Gasteiger partial charge is 0.480 e. The van der Waals surface area contributed by atoms with Gasteiger partial charge in [0.2, 0.25) is 17.7 Å². The standard InChI is InChI=1S/C19H36N4O5/c1-9(2)8-13(22-17(25)14(20)10(3)4)16(24)23-15(11(5)6)18(26)21-12(7)19(27)28/h9-15H,8,20H2,1-7H3,(H,21,26)(H,22,25)(H,23,24)(H,27,28)/t12-,13-,14-,15-/m0/s1. The molecule has 28 heavy (non-hydrogen) atoms. The molecule has 0 spiro atoms. The molecule has 0 saturated heterocycles. The summed E-state index contributed by atoms with van der Waals surface area (Å²) >= 11 is 0. The molecule has 4 atom stereocenters. The van der Waals surface area contributed by atoms with Gasteiger partial charge < -0.3 is 26.8 Å². The van der Waals surface area contributed by atoms with E-state index in [0.29, 0.717) is 6.42 Å². The molecule has 3 amide bonds. The molecule has 0 rings (SSSR count). The minimum absolute atomic E-state index is 0.0885. The SMILES string of the molecule is CC(C)C[C@H](NC(=O)[C@@H](N)C(C)C)C(=O)N[C@H](C(=O)N[C@@H](C)C(=O)O)C(C)C. The number of hydrogen-bond donors (Lipinski definition) is 5. The van der Waals surface area contributed by atoms with Crippen molar-refractivity contribution in [2.45, 2.75) is 79.1 Å². The molecule has 162 valence electrons. The monoisotopic (exact) mass is 400 g/mol. The Balaban J connectivity index is 5.29. The molecule has 0 aromatic heterocycles. The number of carbonyl (C=O) groups excluding carboxylic acids is 3. The summed E-state index contributed by atoms with van der Waals surface area (Å²) in [7, 11) is 0. The van der Waals surface area contributed by atoms with Crippen LogP contribution in [-0.4, -0.2) is 53.0 Å². The third-order valence-corrected chi connectivity index (χ3v) is 4.34. The summed E-state index contributed by atoms with van der Waals surface area (Å²) in [5.74, 6) is -2.95. The second-order valence-electron chi connectivity index (χ2n) is 8.26. The van der Waals surface area contributed by atoms with Gasteiger partial charge in [-0.1, -0.05) is 41.5 Å². The number of hydrogen-bond acceptors (Lipinski definition) is 5. The van der Waals surface area contributed by atoms with E-state index < -0.39 is 47.9 Å². The van der Waals surface area contributed by atoms with Crippen LogP contribution in [-0.2, 0) is 19.2 Å². The molecule has 0 heterocycles. The molecule has 0 unspecified atom stereocenters. The van der Waals surface area contributed by atoms with Gasteiger partial charge in [0, 0.05) is 0 Å². The van der Waals surface area contributed by atoms with Crippen molar-refractivity contribution in [3.8, 4) is 0 Å². The molecular formula is C19H36N4O5. The Morgan fingerprint density at radius 3 is 1.71 bits per heavy atom. The van der Waals surface area contributed by atoms with Crippen molar-refractivity contribution in [3.05, 3.63) is 0 Å². The summed E-state index contributed by atoms with van der Waals surface area (Å²) in [5, 5.41) is 16.6. The smallest absolute Gasteiger partial charge is 0.325 e. The predicted molar refractivity (Wildman–Crippen MR) is 106 cm³/mol. The number of carboxylic acids is 1. The van der Waals surface area contributed by atoms with E-state index in [0.717, 1.165) is 0 Å². The van der Waals surface area contributed by atoms with Crippen molar-refractivity contribution < 1.29 is 24.3 Å². The number of amides is 3. The van der Waals surface area contributed by atoms with E-state index in [9.17, 15) is 19.2 Å². The highest BCUT2D eigenvalue weighted by molar-refractivity contribution is 5.94. The molecule has 0 aliphatic heterocycles. The molecule has 0 fully saturated rings. The maximum Gasteiger partial charge on any atom is 0.325 e. The van der Waals surface area contributed by atoms with Crippen LogP contribution >= 0.6 is 0 Å². The van der Waals surface area contributed by atoms with Crippen LogP contribution in [0.25, 0.3) is 0 Å². The summed E-state index contributed by atoms with van der Waals surface area (Å²) in [6.45, 7) is 12.3. The number of carbonyl (C=O) groups is 4. The highest BCUT2D eigenvalue weighted by Crippen LogP contribution is 2.09. The maximum atomic E-state index is 12.8. The Labute approximate surface area is 167 Å². The summed E-state index contributed by atoms with van der Waals surface area (Å²) in [5.41, 5.74) is 5.86. The Hall–Kier alpha value is -2.16. The second-order valence-corrected chi connectivity index (χ2v) is 8.26. The van der Waals surface area contributed by atoms with Gasteiger partial charge >= 0.3 is 5.97 Å². The number of aliphatic carboxylic acids is 1. The van der Waals surface area contributed by atoms with E-state index in [4.69, 9.17) is 10.8 Å². The summed E-state index contributed by atoms with van der Waals surface area (Å²) in [6.07, 6.45) is 0.375. The number of carboxylic acid groups (broad SMARTS) is 1. The average molecular weight is 401 g/mol. The quantitative estimate of drug-likeness (QED) is 0.335. The molecule has 0 radical (unpaired) electrons. The third-order valence-electron chi connectivity index (χ3n) is 4.34. The highest BCUT2D eigenvalue weighted by Gasteiger charge is 2.31. The summed E-state index contributed by atoms with van der Waals surface area (Å²) in [6, 6.07) is -3.60. The number of nitrogens with two attached hydrogens (primary N) is 1. The molecule has 0 aromatic rings. The van der Waals surface area contributed by atoms with Crippen molar-refractivity contribution in [1.82, 2.24) is 16.0 Å². The predicted octanol–water partition coefficient (Wildman–Crippen LogP) is 0.231. The van der Waals surface area contributed by atoms with Gasteiger partial charge in [-0.25, -0.2) is 0 Å². The lowest BCUT2D eigenvalue weighted by Gasteiger charge is -2.27. The third kappa shape index (κ3) is 8.69. The van der Waals surface area contributed by atoms with Crippen molar-refractivity contribution >= 4 is 23.7 Å². The summed E-state index contributed by atoms with van der Waals surface area (Å²) < 4.78 is 0. The molecule has 0 saturated carbocycles. The van der Waals surface area contributed by atoms with Gasteiger partial charge in [0.15, 0.2) is 0 Å².